The van der Waals surface area contributed by atoms with Gasteiger partial charge in [-0.1, -0.05) is 0 Å². The molecular formula is C28H14Br4N4. The van der Waals surface area contributed by atoms with Crippen LogP contribution in [-0.2, 0) is 0 Å². The van der Waals surface area contributed by atoms with Gasteiger partial charge in [-0.05, 0) is 137 Å². The number of nitrogens with one attached hydrogen (secondary N) is 2. The van der Waals surface area contributed by atoms with E-state index < -0.39 is 0 Å². The van der Waals surface area contributed by atoms with E-state index in [2.05, 4.69) is 146 Å². The molecule has 2 N–H and O–H groups in total. The van der Waals surface area contributed by atoms with Gasteiger partial charge in [0.25, 0.3) is 0 Å². The average Bonchev–Trinajstić information content (AvgIpc) is 3.61. The van der Waals surface area contributed by atoms with E-state index in [-0.39, 0.29) is 0 Å². The van der Waals surface area contributed by atoms with Gasteiger partial charge in [-0.2, -0.15) is 0 Å². The van der Waals surface area contributed by atoms with Crippen molar-refractivity contribution < 1.29 is 0 Å². The highest BCUT2D eigenvalue weighted by molar-refractivity contribution is 9.13. The maximum absolute atomic E-state index is 5.01. The fourth-order valence-corrected chi connectivity index (χ4v) is 6.04. The van der Waals surface area contributed by atoms with Crippen molar-refractivity contribution in [2.75, 3.05) is 0 Å². The maximum atomic E-state index is 5.01. The molecule has 0 amide bonds. The quantitative estimate of drug-likeness (QED) is 0.164. The first-order valence-electron chi connectivity index (χ1n) is 11.1. The van der Waals surface area contributed by atoms with Gasteiger partial charge in [0.1, 0.15) is 0 Å². The first-order chi connectivity index (χ1) is 17.4. The topological polar surface area (TPSA) is 57.4 Å². The summed E-state index contributed by atoms with van der Waals surface area (Å²) >= 11 is 14.6. The number of nitrogens with zero attached hydrogens (tertiary/aromatic N) is 2. The van der Waals surface area contributed by atoms with E-state index in [1.165, 1.54) is 0 Å². The normalized spacial score (nSPS) is 11.9. The molecular weight excluding hydrogens is 712 g/mol. The first-order valence-corrected chi connectivity index (χ1v) is 14.3. The summed E-state index contributed by atoms with van der Waals surface area (Å²) in [6, 6.07) is 25.1. The van der Waals surface area contributed by atoms with Crippen LogP contribution in [0.2, 0.25) is 0 Å². The number of aromatic nitrogens is 4. The second-order valence-electron chi connectivity index (χ2n) is 8.70. The van der Waals surface area contributed by atoms with E-state index >= 15 is 0 Å². The summed E-state index contributed by atoms with van der Waals surface area (Å²) in [7, 11) is 0. The van der Waals surface area contributed by atoms with Crippen molar-refractivity contribution >= 4 is 85.8 Å². The number of halogens is 4. The number of fused-ring (bicyclic) bond motifs is 14. The molecule has 2 aromatic carbocycles. The Morgan fingerprint density at radius 2 is 0.639 bits per heavy atom. The largest absolute Gasteiger partial charge is 0.355 e. The van der Waals surface area contributed by atoms with Crippen LogP contribution < -0.4 is 0 Å². The lowest BCUT2D eigenvalue weighted by atomic mass is 10.0. The zero-order valence-electron chi connectivity index (χ0n) is 18.3. The number of aromatic amines is 2. The predicted octanol–water partition coefficient (Wildman–Crippen LogP) is 10.0. The third-order valence-corrected chi connectivity index (χ3v) is 10.0. The molecule has 7 rings (SSSR count). The lowest BCUT2D eigenvalue weighted by Gasteiger charge is -2.03. The summed E-state index contributed by atoms with van der Waals surface area (Å²) in [4.78, 5) is 17.0. The molecule has 0 saturated heterocycles. The molecule has 5 aromatic rings. The minimum Gasteiger partial charge on any atom is -0.355 e. The molecule has 8 heteroatoms. The Morgan fingerprint density at radius 3 is 0.889 bits per heavy atom. The van der Waals surface area contributed by atoms with Crippen molar-refractivity contribution in [2.45, 2.75) is 0 Å². The Bertz CT molecular complexity index is 1640. The first kappa shape index (κ1) is 22.7. The Labute approximate surface area is 239 Å². The standard InChI is InChI=1S/C28H14Br4N4/c29-21-9-17-18(10-22(21)30)27-7-15-3-4-16(34-15)8-28-20-12-24(32)23(31)11-19(20)26(36-28)6-14-2-1-13(33-14)5-25(17)35-27/h1-12,33-34H. The van der Waals surface area contributed by atoms with E-state index in [1.807, 2.05) is 0 Å². The summed E-state index contributed by atoms with van der Waals surface area (Å²) < 4.78 is 3.98. The van der Waals surface area contributed by atoms with Crippen LogP contribution in [0.25, 0.3) is 67.1 Å². The molecule has 0 saturated carbocycles. The monoisotopic (exact) mass is 722 g/mol. The molecule has 3 aromatic heterocycles. The van der Waals surface area contributed by atoms with E-state index in [0.29, 0.717) is 0 Å². The van der Waals surface area contributed by atoms with Crippen LogP contribution in [-0.4, -0.2) is 19.9 Å². The van der Waals surface area contributed by atoms with Crippen LogP contribution in [0.15, 0.2) is 90.7 Å². The summed E-state index contributed by atoms with van der Waals surface area (Å²) in [5.41, 5.74) is 11.9. The Hall–Kier alpha value is -2.52. The van der Waals surface area contributed by atoms with Crippen LogP contribution in [0.1, 0.15) is 0 Å². The lowest BCUT2D eigenvalue weighted by Crippen LogP contribution is -1.79. The smallest absolute Gasteiger partial charge is 0.0737 e. The van der Waals surface area contributed by atoms with Crippen LogP contribution in [0.4, 0.5) is 0 Å². The number of benzene rings is 2. The molecule has 174 valence electrons. The summed E-state index contributed by atoms with van der Waals surface area (Å²) in [5.74, 6) is 0. The van der Waals surface area contributed by atoms with E-state index in [1.54, 1.807) is 0 Å². The highest BCUT2D eigenvalue weighted by Gasteiger charge is 2.20. The SMILES string of the molecule is Brc1cc2c(cc1Br)-c1cc3ccc(cc4nc(cc5ccc(cc-2n1)[nH]5)-c1cc(Br)c(Br)cc1-4)[nH]3. The fraction of sp³-hybridized carbons (Fsp3) is 0. The lowest BCUT2D eigenvalue weighted by molar-refractivity contribution is 1.40. The fourth-order valence-electron chi connectivity index (χ4n) is 4.67. The molecule has 8 bridgehead atoms. The summed E-state index contributed by atoms with van der Waals surface area (Å²) in [6.07, 6.45) is 0. The Morgan fingerprint density at radius 1 is 0.389 bits per heavy atom. The highest BCUT2D eigenvalue weighted by atomic mass is 79.9. The molecule has 0 unspecified atom stereocenters. The molecule has 0 aliphatic carbocycles. The van der Waals surface area contributed by atoms with Crippen molar-refractivity contribution in [3.05, 3.63) is 90.7 Å². The van der Waals surface area contributed by atoms with Crippen molar-refractivity contribution in [1.82, 2.24) is 19.9 Å². The van der Waals surface area contributed by atoms with E-state index in [0.717, 1.165) is 85.0 Å². The summed E-state index contributed by atoms with van der Waals surface area (Å²) in [5, 5.41) is 0. The van der Waals surface area contributed by atoms with Gasteiger partial charge in [-0.15, -0.1) is 0 Å². The second-order valence-corrected chi connectivity index (χ2v) is 12.1. The molecule has 0 atom stereocenters. The van der Waals surface area contributed by atoms with E-state index in [9.17, 15) is 0 Å². The van der Waals surface area contributed by atoms with Gasteiger partial charge < -0.3 is 9.97 Å². The number of H-pyrrole nitrogens is 2. The molecule has 4 nitrogen and oxygen atoms in total. The van der Waals surface area contributed by atoms with Gasteiger partial charge in [-0.3, -0.25) is 0 Å². The van der Waals surface area contributed by atoms with Gasteiger partial charge in [-0.25, -0.2) is 9.97 Å². The number of hydrogen-bond donors (Lipinski definition) is 2. The molecule has 2 aliphatic heterocycles. The molecule has 0 radical (unpaired) electrons. The second kappa shape index (κ2) is 8.52. The van der Waals surface area contributed by atoms with Gasteiger partial charge in [0, 0.05) is 62.2 Å². The van der Waals surface area contributed by atoms with Crippen molar-refractivity contribution in [3.8, 4) is 45.0 Å². The Balaban J connectivity index is 1.58. The Kier molecular flexibility index (Phi) is 5.36. The molecule has 5 heterocycles. The van der Waals surface area contributed by atoms with E-state index in [4.69, 9.17) is 9.97 Å². The van der Waals surface area contributed by atoms with Gasteiger partial charge in [0.2, 0.25) is 0 Å². The van der Waals surface area contributed by atoms with Gasteiger partial charge in [0.15, 0.2) is 0 Å². The molecule has 0 spiro atoms. The van der Waals surface area contributed by atoms with Crippen molar-refractivity contribution in [3.63, 3.8) is 0 Å². The maximum Gasteiger partial charge on any atom is 0.0737 e. The average molecular weight is 726 g/mol. The minimum absolute atomic E-state index is 0.913. The number of hydrogen-bond acceptors (Lipinski definition) is 2. The van der Waals surface area contributed by atoms with Crippen LogP contribution in [0.5, 0.6) is 0 Å². The van der Waals surface area contributed by atoms with Crippen molar-refractivity contribution in [1.29, 1.82) is 0 Å². The van der Waals surface area contributed by atoms with Crippen LogP contribution >= 0.6 is 63.7 Å². The third kappa shape index (κ3) is 3.82. The predicted molar refractivity (Wildman–Crippen MR) is 161 cm³/mol. The zero-order valence-corrected chi connectivity index (χ0v) is 24.7. The highest BCUT2D eigenvalue weighted by Crippen LogP contribution is 2.42. The number of rotatable bonds is 0. The van der Waals surface area contributed by atoms with Crippen molar-refractivity contribution in [2.24, 2.45) is 0 Å². The third-order valence-electron chi connectivity index (χ3n) is 6.34. The molecule has 2 aliphatic rings. The molecule has 0 fully saturated rings. The van der Waals surface area contributed by atoms with Gasteiger partial charge >= 0.3 is 0 Å². The molecule has 36 heavy (non-hydrogen) atoms. The van der Waals surface area contributed by atoms with Crippen LogP contribution in [0, 0.1) is 0 Å². The van der Waals surface area contributed by atoms with Gasteiger partial charge in [0.05, 0.1) is 22.8 Å². The zero-order chi connectivity index (χ0) is 24.6. The summed E-state index contributed by atoms with van der Waals surface area (Å²) in [6.45, 7) is 0. The van der Waals surface area contributed by atoms with Crippen LogP contribution in [0.3, 0.4) is 0 Å². The minimum atomic E-state index is 0.913.